The van der Waals surface area contributed by atoms with Crippen molar-refractivity contribution in [3.05, 3.63) is 0 Å². The fraction of sp³-hybridized carbons (Fsp3) is 0.933. The highest BCUT2D eigenvalue weighted by molar-refractivity contribution is 5.82. The van der Waals surface area contributed by atoms with Gasteiger partial charge in [0, 0.05) is 18.5 Å². The van der Waals surface area contributed by atoms with Crippen molar-refractivity contribution in [3.8, 4) is 0 Å². The predicted molar refractivity (Wildman–Crippen MR) is 78.0 cm³/mol. The Hall–Kier alpha value is -0.610. The summed E-state index contributed by atoms with van der Waals surface area (Å²) in [5.74, 6) is 0.236. The van der Waals surface area contributed by atoms with Crippen LogP contribution in [0.2, 0.25) is 0 Å². The lowest BCUT2D eigenvalue weighted by atomic mass is 9.79. The summed E-state index contributed by atoms with van der Waals surface area (Å²) in [6, 6.07) is 0. The average Bonchev–Trinajstić information content (AvgIpc) is 2.42. The summed E-state index contributed by atoms with van der Waals surface area (Å²) < 4.78 is 0. The van der Waals surface area contributed by atoms with E-state index >= 15 is 0 Å². The largest absolute Gasteiger partial charge is 0.395 e. The molecule has 1 rings (SSSR count). The van der Waals surface area contributed by atoms with Crippen molar-refractivity contribution in [1.82, 2.24) is 10.2 Å². The van der Waals surface area contributed by atoms with Crippen LogP contribution >= 0.6 is 0 Å². The summed E-state index contributed by atoms with van der Waals surface area (Å²) in [7, 11) is 0. The molecule has 0 radical (unpaired) electrons. The first-order chi connectivity index (χ1) is 9.14. The molecule has 19 heavy (non-hydrogen) atoms. The van der Waals surface area contributed by atoms with Crippen LogP contribution in [0.1, 0.15) is 52.4 Å². The molecule has 0 aromatic heterocycles. The third-order valence-corrected chi connectivity index (χ3v) is 4.16. The van der Waals surface area contributed by atoms with Gasteiger partial charge in [-0.15, -0.1) is 0 Å². The fourth-order valence-electron chi connectivity index (χ4n) is 2.74. The summed E-state index contributed by atoms with van der Waals surface area (Å²) in [5.41, 5.74) is -0.231. The van der Waals surface area contributed by atoms with Crippen molar-refractivity contribution in [1.29, 1.82) is 0 Å². The molecule has 0 saturated carbocycles. The monoisotopic (exact) mass is 270 g/mol. The first kappa shape index (κ1) is 16.4. The molecule has 0 aliphatic carbocycles. The standard InChI is InChI=1S/C15H30N2O2/c1-3-4-5-6-11-17(12-13-18)14(19)15(2)7-9-16-10-8-15/h16,18H,3-13H2,1-2H3. The first-order valence-corrected chi connectivity index (χ1v) is 7.75. The molecule has 0 spiro atoms. The maximum absolute atomic E-state index is 12.7. The van der Waals surface area contributed by atoms with E-state index in [-0.39, 0.29) is 17.9 Å². The van der Waals surface area contributed by atoms with Crippen LogP contribution in [0.3, 0.4) is 0 Å². The van der Waals surface area contributed by atoms with Gasteiger partial charge >= 0.3 is 0 Å². The second-order valence-corrected chi connectivity index (χ2v) is 5.89. The Morgan fingerprint density at radius 1 is 1.21 bits per heavy atom. The van der Waals surface area contributed by atoms with Crippen LogP contribution in [0.25, 0.3) is 0 Å². The van der Waals surface area contributed by atoms with E-state index in [1.807, 2.05) is 4.90 Å². The number of nitrogens with one attached hydrogen (secondary N) is 1. The number of rotatable bonds is 8. The van der Waals surface area contributed by atoms with E-state index in [4.69, 9.17) is 5.11 Å². The van der Waals surface area contributed by atoms with Crippen molar-refractivity contribution in [2.45, 2.75) is 52.4 Å². The highest BCUT2D eigenvalue weighted by atomic mass is 16.3. The highest BCUT2D eigenvalue weighted by Gasteiger charge is 2.37. The van der Waals surface area contributed by atoms with Crippen LogP contribution in [0.5, 0.6) is 0 Å². The van der Waals surface area contributed by atoms with E-state index < -0.39 is 0 Å². The van der Waals surface area contributed by atoms with Gasteiger partial charge in [-0.3, -0.25) is 4.79 Å². The average molecular weight is 270 g/mol. The topological polar surface area (TPSA) is 52.6 Å². The van der Waals surface area contributed by atoms with Crippen molar-refractivity contribution >= 4 is 5.91 Å². The van der Waals surface area contributed by atoms with Gasteiger partial charge in [0.15, 0.2) is 0 Å². The van der Waals surface area contributed by atoms with Gasteiger partial charge in [0.05, 0.1) is 6.61 Å². The first-order valence-electron chi connectivity index (χ1n) is 7.75. The number of hydrogen-bond donors (Lipinski definition) is 2. The molecule has 1 aliphatic rings. The van der Waals surface area contributed by atoms with Crippen LogP contribution in [-0.2, 0) is 4.79 Å². The Labute approximate surface area is 117 Å². The summed E-state index contributed by atoms with van der Waals surface area (Å²) in [5, 5.41) is 12.5. The van der Waals surface area contributed by atoms with Crippen LogP contribution in [0.15, 0.2) is 0 Å². The molecule has 112 valence electrons. The minimum absolute atomic E-state index is 0.0633. The highest BCUT2D eigenvalue weighted by Crippen LogP contribution is 2.30. The van der Waals surface area contributed by atoms with E-state index in [0.717, 1.165) is 38.9 Å². The molecule has 0 aromatic carbocycles. The zero-order chi connectivity index (χ0) is 14.1. The molecule has 4 nitrogen and oxygen atoms in total. The second-order valence-electron chi connectivity index (χ2n) is 5.89. The van der Waals surface area contributed by atoms with Crippen molar-refractivity contribution in [3.63, 3.8) is 0 Å². The Kier molecular flexibility index (Phi) is 7.39. The molecule has 4 heteroatoms. The summed E-state index contributed by atoms with van der Waals surface area (Å²) in [6.07, 6.45) is 6.46. The Bertz CT molecular complexity index is 263. The number of carbonyl (C=O) groups is 1. The van der Waals surface area contributed by atoms with E-state index in [9.17, 15) is 4.79 Å². The van der Waals surface area contributed by atoms with Crippen LogP contribution in [-0.4, -0.2) is 48.7 Å². The molecule has 1 saturated heterocycles. The lowest BCUT2D eigenvalue weighted by molar-refractivity contribution is -0.143. The molecule has 1 heterocycles. The van der Waals surface area contributed by atoms with Gasteiger partial charge in [-0.2, -0.15) is 0 Å². The zero-order valence-corrected chi connectivity index (χ0v) is 12.6. The summed E-state index contributed by atoms with van der Waals surface area (Å²) in [4.78, 5) is 14.5. The van der Waals surface area contributed by atoms with Crippen LogP contribution in [0, 0.1) is 5.41 Å². The minimum atomic E-state index is -0.231. The van der Waals surface area contributed by atoms with Crippen molar-refractivity contribution in [2.75, 3.05) is 32.8 Å². The molecule has 1 amide bonds. The Morgan fingerprint density at radius 2 is 1.89 bits per heavy atom. The molecule has 1 fully saturated rings. The lowest BCUT2D eigenvalue weighted by Crippen LogP contribution is -2.48. The second kappa shape index (κ2) is 8.54. The molecule has 0 unspecified atom stereocenters. The molecule has 0 bridgehead atoms. The number of aliphatic hydroxyl groups excluding tert-OH is 1. The number of amides is 1. The van der Waals surface area contributed by atoms with Gasteiger partial charge < -0.3 is 15.3 Å². The van der Waals surface area contributed by atoms with Crippen molar-refractivity contribution in [2.24, 2.45) is 5.41 Å². The Balaban J connectivity index is 2.50. The zero-order valence-electron chi connectivity index (χ0n) is 12.6. The van der Waals surface area contributed by atoms with Crippen molar-refractivity contribution < 1.29 is 9.90 Å². The number of carbonyl (C=O) groups excluding carboxylic acids is 1. The van der Waals surface area contributed by atoms with E-state index in [2.05, 4.69) is 19.2 Å². The summed E-state index contributed by atoms with van der Waals surface area (Å²) in [6.45, 7) is 7.44. The van der Waals surface area contributed by atoms with Gasteiger partial charge in [-0.05, 0) is 32.4 Å². The molecule has 1 aliphatic heterocycles. The smallest absolute Gasteiger partial charge is 0.228 e. The molecule has 2 N–H and O–H groups in total. The summed E-state index contributed by atoms with van der Waals surface area (Å²) >= 11 is 0. The normalized spacial score (nSPS) is 18.3. The molecular weight excluding hydrogens is 240 g/mol. The third-order valence-electron chi connectivity index (χ3n) is 4.16. The van der Waals surface area contributed by atoms with Gasteiger partial charge in [-0.25, -0.2) is 0 Å². The van der Waals surface area contributed by atoms with Gasteiger partial charge in [0.2, 0.25) is 5.91 Å². The van der Waals surface area contributed by atoms with E-state index in [1.165, 1.54) is 19.3 Å². The minimum Gasteiger partial charge on any atom is -0.395 e. The number of aliphatic hydroxyl groups is 1. The van der Waals surface area contributed by atoms with Gasteiger partial charge in [-0.1, -0.05) is 33.1 Å². The molecule has 0 aromatic rings. The fourth-order valence-corrected chi connectivity index (χ4v) is 2.74. The maximum atomic E-state index is 12.7. The van der Waals surface area contributed by atoms with Crippen LogP contribution in [0.4, 0.5) is 0 Å². The number of piperidine rings is 1. The van der Waals surface area contributed by atoms with Gasteiger partial charge in [0.1, 0.15) is 0 Å². The number of nitrogens with zero attached hydrogens (tertiary/aromatic N) is 1. The molecule has 0 atom stereocenters. The third kappa shape index (κ3) is 5.11. The number of hydrogen-bond acceptors (Lipinski definition) is 3. The number of unbranched alkanes of at least 4 members (excludes halogenated alkanes) is 3. The molecular formula is C15H30N2O2. The van der Waals surface area contributed by atoms with E-state index in [1.54, 1.807) is 0 Å². The quantitative estimate of drug-likeness (QED) is 0.661. The lowest BCUT2D eigenvalue weighted by Gasteiger charge is -2.37. The van der Waals surface area contributed by atoms with E-state index in [0.29, 0.717) is 6.54 Å². The maximum Gasteiger partial charge on any atom is 0.228 e. The Morgan fingerprint density at radius 3 is 2.47 bits per heavy atom. The van der Waals surface area contributed by atoms with Crippen LogP contribution < -0.4 is 5.32 Å². The van der Waals surface area contributed by atoms with Gasteiger partial charge in [0.25, 0.3) is 0 Å². The SMILES string of the molecule is CCCCCCN(CCO)C(=O)C1(C)CCNCC1. The predicted octanol–water partition coefficient (Wildman–Crippen LogP) is 1.78.